The van der Waals surface area contributed by atoms with Gasteiger partial charge >= 0.3 is 0 Å². The summed E-state index contributed by atoms with van der Waals surface area (Å²) in [5.41, 5.74) is 1.29. The molecule has 0 saturated carbocycles. The molecule has 74 valence electrons. The molecule has 0 fully saturated rings. The summed E-state index contributed by atoms with van der Waals surface area (Å²) in [4.78, 5) is 0. The minimum atomic E-state index is 0.704. The van der Waals surface area contributed by atoms with E-state index >= 15 is 0 Å². The van der Waals surface area contributed by atoms with E-state index in [0.29, 0.717) is 5.02 Å². The van der Waals surface area contributed by atoms with Crippen LogP contribution in [0.3, 0.4) is 0 Å². The van der Waals surface area contributed by atoms with Crippen molar-refractivity contribution in [3.8, 4) is 5.75 Å². The standard InChI is InChI=1S/C11H11ClOS/c1-3-7-6-9(12)10(13-2)8-4-5-14-11(7)8/h4-6H,3H2,1-2H3. The SMILES string of the molecule is CCc1cc(Cl)c(OC)c2ccsc12. The predicted molar refractivity (Wildman–Crippen MR) is 62.8 cm³/mol. The molecule has 0 aliphatic heterocycles. The maximum absolute atomic E-state index is 6.12. The van der Waals surface area contributed by atoms with Crippen LogP contribution in [0, 0.1) is 0 Å². The van der Waals surface area contributed by atoms with Crippen LogP contribution in [0.2, 0.25) is 5.02 Å². The topological polar surface area (TPSA) is 9.23 Å². The maximum atomic E-state index is 6.12. The molecule has 2 aromatic rings. The zero-order chi connectivity index (χ0) is 10.1. The van der Waals surface area contributed by atoms with Crippen molar-refractivity contribution in [1.82, 2.24) is 0 Å². The molecule has 3 heteroatoms. The quantitative estimate of drug-likeness (QED) is 0.749. The lowest BCUT2D eigenvalue weighted by atomic mass is 10.1. The number of aryl methyl sites for hydroxylation is 1. The van der Waals surface area contributed by atoms with Gasteiger partial charge in [0.05, 0.1) is 12.1 Å². The minimum absolute atomic E-state index is 0.704. The number of benzene rings is 1. The van der Waals surface area contributed by atoms with Gasteiger partial charge in [-0.1, -0.05) is 18.5 Å². The summed E-state index contributed by atoms with van der Waals surface area (Å²) in [6.07, 6.45) is 1.00. The fourth-order valence-electron chi connectivity index (χ4n) is 1.62. The third-order valence-corrected chi connectivity index (χ3v) is 3.58. The van der Waals surface area contributed by atoms with Crippen LogP contribution in [0.4, 0.5) is 0 Å². The summed E-state index contributed by atoms with van der Waals surface area (Å²) in [5.74, 6) is 0.792. The van der Waals surface area contributed by atoms with Gasteiger partial charge in [-0.2, -0.15) is 0 Å². The van der Waals surface area contributed by atoms with Crippen LogP contribution < -0.4 is 4.74 Å². The molecule has 0 bridgehead atoms. The van der Waals surface area contributed by atoms with Crippen LogP contribution in [-0.2, 0) is 6.42 Å². The van der Waals surface area contributed by atoms with E-state index < -0.39 is 0 Å². The van der Waals surface area contributed by atoms with Gasteiger partial charge in [0, 0.05) is 10.1 Å². The molecule has 0 aliphatic rings. The van der Waals surface area contributed by atoms with Crippen molar-refractivity contribution in [3.05, 3.63) is 28.1 Å². The van der Waals surface area contributed by atoms with Crippen LogP contribution in [0.25, 0.3) is 10.1 Å². The Bertz CT molecular complexity index is 462. The predicted octanol–water partition coefficient (Wildman–Crippen LogP) is 4.13. The Morgan fingerprint density at radius 3 is 2.93 bits per heavy atom. The summed E-state index contributed by atoms with van der Waals surface area (Å²) < 4.78 is 6.58. The lowest BCUT2D eigenvalue weighted by Crippen LogP contribution is -1.88. The first-order chi connectivity index (χ1) is 6.77. The highest BCUT2D eigenvalue weighted by Crippen LogP contribution is 2.38. The van der Waals surface area contributed by atoms with Crippen molar-refractivity contribution in [2.75, 3.05) is 7.11 Å². The van der Waals surface area contributed by atoms with Gasteiger partial charge in [-0.25, -0.2) is 0 Å². The first kappa shape index (κ1) is 9.81. The molecular formula is C11H11ClOS. The molecule has 0 radical (unpaired) electrons. The number of ether oxygens (including phenoxy) is 1. The number of halogens is 1. The van der Waals surface area contributed by atoms with Crippen LogP contribution in [0.15, 0.2) is 17.5 Å². The van der Waals surface area contributed by atoms with Gasteiger partial charge in [0.2, 0.25) is 0 Å². The van der Waals surface area contributed by atoms with Crippen molar-refractivity contribution in [3.63, 3.8) is 0 Å². The van der Waals surface area contributed by atoms with E-state index in [1.807, 2.05) is 6.07 Å². The highest BCUT2D eigenvalue weighted by atomic mass is 35.5. The van der Waals surface area contributed by atoms with Gasteiger partial charge < -0.3 is 4.74 Å². The van der Waals surface area contributed by atoms with E-state index in [1.54, 1.807) is 18.4 Å². The maximum Gasteiger partial charge on any atom is 0.146 e. The first-order valence-corrected chi connectivity index (χ1v) is 5.76. The molecule has 1 aromatic heterocycles. The molecule has 0 N–H and O–H groups in total. The molecule has 2 rings (SSSR count). The smallest absolute Gasteiger partial charge is 0.146 e. The molecular weight excluding hydrogens is 216 g/mol. The summed E-state index contributed by atoms with van der Waals surface area (Å²) >= 11 is 7.86. The Hall–Kier alpha value is -0.730. The summed E-state index contributed by atoms with van der Waals surface area (Å²) in [6.45, 7) is 2.14. The zero-order valence-electron chi connectivity index (χ0n) is 8.13. The number of methoxy groups -OCH3 is 1. The fraction of sp³-hybridized carbons (Fsp3) is 0.273. The molecule has 0 saturated heterocycles. The normalized spacial score (nSPS) is 10.8. The highest BCUT2D eigenvalue weighted by Gasteiger charge is 2.11. The van der Waals surface area contributed by atoms with Crippen molar-refractivity contribution >= 4 is 33.0 Å². The number of thiophene rings is 1. The van der Waals surface area contributed by atoms with E-state index in [2.05, 4.69) is 18.4 Å². The van der Waals surface area contributed by atoms with Gasteiger partial charge in [-0.3, -0.25) is 0 Å². The van der Waals surface area contributed by atoms with E-state index in [0.717, 1.165) is 17.6 Å². The second-order valence-corrected chi connectivity index (χ2v) is 4.39. The monoisotopic (exact) mass is 226 g/mol. The fourth-order valence-corrected chi connectivity index (χ4v) is 2.91. The molecule has 14 heavy (non-hydrogen) atoms. The summed E-state index contributed by atoms with van der Waals surface area (Å²) in [6, 6.07) is 4.06. The Morgan fingerprint density at radius 2 is 2.29 bits per heavy atom. The van der Waals surface area contributed by atoms with Crippen molar-refractivity contribution in [2.24, 2.45) is 0 Å². The van der Waals surface area contributed by atoms with Crippen molar-refractivity contribution in [1.29, 1.82) is 0 Å². The first-order valence-electron chi connectivity index (χ1n) is 4.50. The summed E-state index contributed by atoms with van der Waals surface area (Å²) in [7, 11) is 1.66. The molecule has 0 atom stereocenters. The van der Waals surface area contributed by atoms with E-state index in [9.17, 15) is 0 Å². The van der Waals surface area contributed by atoms with Gasteiger partial charge in [0.25, 0.3) is 0 Å². The minimum Gasteiger partial charge on any atom is -0.495 e. The Morgan fingerprint density at radius 1 is 1.50 bits per heavy atom. The Balaban J connectivity index is 2.81. The third-order valence-electron chi connectivity index (χ3n) is 2.30. The number of hydrogen-bond acceptors (Lipinski definition) is 2. The molecule has 1 nitrogen and oxygen atoms in total. The van der Waals surface area contributed by atoms with Gasteiger partial charge in [-0.15, -0.1) is 11.3 Å². The van der Waals surface area contributed by atoms with Crippen molar-refractivity contribution < 1.29 is 4.74 Å². The number of fused-ring (bicyclic) bond motifs is 1. The van der Waals surface area contributed by atoms with E-state index in [-0.39, 0.29) is 0 Å². The molecule has 0 spiro atoms. The lowest BCUT2D eigenvalue weighted by molar-refractivity contribution is 0.420. The van der Waals surface area contributed by atoms with Crippen LogP contribution in [0.1, 0.15) is 12.5 Å². The molecule has 0 amide bonds. The second kappa shape index (κ2) is 3.79. The Labute approximate surface area is 92.3 Å². The zero-order valence-corrected chi connectivity index (χ0v) is 9.71. The van der Waals surface area contributed by atoms with Gasteiger partial charge in [0.1, 0.15) is 5.75 Å². The number of hydrogen-bond donors (Lipinski definition) is 0. The second-order valence-electron chi connectivity index (χ2n) is 3.07. The van der Waals surface area contributed by atoms with E-state index in [1.165, 1.54) is 10.3 Å². The van der Waals surface area contributed by atoms with E-state index in [4.69, 9.17) is 16.3 Å². The molecule has 1 aromatic carbocycles. The highest BCUT2D eigenvalue weighted by molar-refractivity contribution is 7.17. The Kier molecular flexibility index (Phi) is 2.66. The summed E-state index contributed by atoms with van der Waals surface area (Å²) in [5, 5.41) is 3.90. The van der Waals surface area contributed by atoms with Crippen LogP contribution in [0.5, 0.6) is 5.75 Å². The van der Waals surface area contributed by atoms with Gasteiger partial charge in [0.15, 0.2) is 0 Å². The number of rotatable bonds is 2. The largest absolute Gasteiger partial charge is 0.495 e. The van der Waals surface area contributed by atoms with Crippen LogP contribution in [-0.4, -0.2) is 7.11 Å². The average Bonchev–Trinajstić information content (AvgIpc) is 2.65. The average molecular weight is 227 g/mol. The van der Waals surface area contributed by atoms with Gasteiger partial charge in [-0.05, 0) is 29.5 Å². The molecule has 0 aliphatic carbocycles. The molecule has 1 heterocycles. The van der Waals surface area contributed by atoms with Crippen molar-refractivity contribution in [2.45, 2.75) is 13.3 Å². The van der Waals surface area contributed by atoms with Crippen LogP contribution >= 0.6 is 22.9 Å². The molecule has 0 unspecified atom stereocenters. The third kappa shape index (κ3) is 1.39. The lowest BCUT2D eigenvalue weighted by Gasteiger charge is -2.07.